The Labute approximate surface area is 142 Å². The zero-order valence-electron chi connectivity index (χ0n) is 13.6. The van der Waals surface area contributed by atoms with Crippen LogP contribution in [0.5, 0.6) is 0 Å². The first-order chi connectivity index (χ1) is 8.56. The van der Waals surface area contributed by atoms with E-state index in [9.17, 15) is 9.90 Å². The standard InChI is InChI=1S/C12H26.C4H6O2.Na/c1-3-5-7-9-11-12-10-8-6-4-2;1-3(2)4(5)6;/h3-12H2,1-2H3;1H2,2H3,(H,5,6);/q;;+1/p-1. The van der Waals surface area contributed by atoms with Crippen molar-refractivity contribution in [1.29, 1.82) is 0 Å². The van der Waals surface area contributed by atoms with Crippen molar-refractivity contribution in [3.8, 4) is 0 Å². The van der Waals surface area contributed by atoms with Gasteiger partial charge in [0.2, 0.25) is 0 Å². The Morgan fingerprint density at radius 3 is 1.21 bits per heavy atom. The van der Waals surface area contributed by atoms with Crippen LogP contribution in [-0.4, -0.2) is 5.97 Å². The summed E-state index contributed by atoms with van der Waals surface area (Å²) in [6, 6.07) is 0. The van der Waals surface area contributed by atoms with Crippen LogP contribution in [0.15, 0.2) is 12.2 Å². The summed E-state index contributed by atoms with van der Waals surface area (Å²) >= 11 is 0. The van der Waals surface area contributed by atoms with E-state index in [1.54, 1.807) is 0 Å². The molecule has 0 rings (SSSR count). The van der Waals surface area contributed by atoms with Gasteiger partial charge < -0.3 is 9.90 Å². The first-order valence-electron chi connectivity index (χ1n) is 7.43. The summed E-state index contributed by atoms with van der Waals surface area (Å²) in [5.74, 6) is -1.19. The van der Waals surface area contributed by atoms with E-state index >= 15 is 0 Å². The second-order valence-electron chi connectivity index (χ2n) is 4.90. The number of hydrogen-bond acceptors (Lipinski definition) is 2. The summed E-state index contributed by atoms with van der Waals surface area (Å²) in [5, 5.41) is 9.49. The minimum atomic E-state index is -1.19. The van der Waals surface area contributed by atoms with Gasteiger partial charge in [-0.2, -0.15) is 0 Å². The number of hydrogen-bond donors (Lipinski definition) is 0. The minimum absolute atomic E-state index is 0. The molecule has 0 atom stereocenters. The van der Waals surface area contributed by atoms with Crippen molar-refractivity contribution >= 4 is 5.97 Å². The summed E-state index contributed by atoms with van der Waals surface area (Å²) in [5.41, 5.74) is 0.0648. The van der Waals surface area contributed by atoms with Gasteiger partial charge >= 0.3 is 29.6 Å². The van der Waals surface area contributed by atoms with Crippen LogP contribution in [0.2, 0.25) is 0 Å². The van der Waals surface area contributed by atoms with Crippen LogP contribution >= 0.6 is 0 Å². The van der Waals surface area contributed by atoms with E-state index in [-0.39, 0.29) is 35.1 Å². The molecule has 19 heavy (non-hydrogen) atoms. The van der Waals surface area contributed by atoms with Gasteiger partial charge in [-0.05, 0) is 12.5 Å². The van der Waals surface area contributed by atoms with Crippen molar-refractivity contribution in [1.82, 2.24) is 0 Å². The fourth-order valence-electron chi connectivity index (χ4n) is 1.56. The topological polar surface area (TPSA) is 40.1 Å². The van der Waals surface area contributed by atoms with E-state index in [1.165, 1.54) is 71.1 Å². The van der Waals surface area contributed by atoms with E-state index in [0.717, 1.165) is 0 Å². The Bertz CT molecular complexity index is 181. The molecule has 0 unspecified atom stereocenters. The largest absolute Gasteiger partial charge is 1.00 e. The molecule has 3 heteroatoms. The third-order valence-corrected chi connectivity index (χ3v) is 2.81. The van der Waals surface area contributed by atoms with E-state index in [4.69, 9.17) is 0 Å². The normalized spacial score (nSPS) is 9.00. The summed E-state index contributed by atoms with van der Waals surface area (Å²) in [6.45, 7) is 9.03. The molecule has 0 fully saturated rings. The molecule has 0 spiro atoms. The summed E-state index contributed by atoms with van der Waals surface area (Å²) < 4.78 is 0. The Hall–Kier alpha value is 0.210. The van der Waals surface area contributed by atoms with Crippen molar-refractivity contribution in [2.45, 2.75) is 85.0 Å². The fraction of sp³-hybridized carbons (Fsp3) is 0.812. The Kier molecular flexibility index (Phi) is 26.2. The van der Waals surface area contributed by atoms with Crippen molar-refractivity contribution in [3.63, 3.8) is 0 Å². The van der Waals surface area contributed by atoms with E-state index in [1.807, 2.05) is 0 Å². The minimum Gasteiger partial charge on any atom is -0.545 e. The molecule has 0 radical (unpaired) electrons. The van der Waals surface area contributed by atoms with E-state index < -0.39 is 5.97 Å². The van der Waals surface area contributed by atoms with Gasteiger partial charge in [-0.1, -0.05) is 84.6 Å². The molecule has 0 amide bonds. The maximum absolute atomic E-state index is 9.49. The van der Waals surface area contributed by atoms with E-state index in [2.05, 4.69) is 20.4 Å². The van der Waals surface area contributed by atoms with Crippen LogP contribution in [-0.2, 0) is 4.79 Å². The maximum Gasteiger partial charge on any atom is 1.00 e. The van der Waals surface area contributed by atoms with Gasteiger partial charge in [-0.15, -0.1) is 0 Å². The molecule has 108 valence electrons. The molecule has 0 aliphatic carbocycles. The van der Waals surface area contributed by atoms with Crippen molar-refractivity contribution in [2.75, 3.05) is 0 Å². The Morgan fingerprint density at radius 1 is 0.842 bits per heavy atom. The van der Waals surface area contributed by atoms with Crippen LogP contribution in [0.3, 0.4) is 0 Å². The predicted octanol–water partition coefficient (Wildman–Crippen LogP) is 1.24. The fourth-order valence-corrected chi connectivity index (χ4v) is 1.56. The molecule has 0 N–H and O–H groups in total. The first kappa shape index (κ1) is 24.2. The number of carbonyl (C=O) groups is 1. The third-order valence-electron chi connectivity index (χ3n) is 2.81. The SMILES string of the molecule is C=C(C)C(=O)[O-].CCCCCCCCCCCC.[Na+]. The van der Waals surface area contributed by atoms with Gasteiger partial charge in [-0.25, -0.2) is 0 Å². The number of carboxylic acids is 1. The molecule has 2 nitrogen and oxygen atoms in total. The molecule has 0 aromatic rings. The molecule has 0 aromatic heterocycles. The van der Waals surface area contributed by atoms with Crippen molar-refractivity contribution in [2.24, 2.45) is 0 Å². The molecule has 0 saturated heterocycles. The first-order valence-corrected chi connectivity index (χ1v) is 7.43. The number of carbonyl (C=O) groups excluding carboxylic acids is 1. The van der Waals surface area contributed by atoms with Gasteiger partial charge in [0, 0.05) is 0 Å². The van der Waals surface area contributed by atoms with Crippen LogP contribution < -0.4 is 34.7 Å². The molecular weight excluding hydrogens is 247 g/mol. The molecule has 0 aliphatic heterocycles. The van der Waals surface area contributed by atoms with Crippen LogP contribution in [0.25, 0.3) is 0 Å². The molecular formula is C16H31NaO2. The molecule has 0 saturated carbocycles. The number of rotatable bonds is 10. The number of carboxylic acid groups (broad SMARTS) is 1. The molecule has 0 bridgehead atoms. The number of unbranched alkanes of at least 4 members (excludes halogenated alkanes) is 9. The van der Waals surface area contributed by atoms with Gasteiger partial charge in [0.15, 0.2) is 0 Å². The molecule has 0 heterocycles. The third kappa shape index (κ3) is 27.4. The van der Waals surface area contributed by atoms with Crippen molar-refractivity contribution in [3.05, 3.63) is 12.2 Å². The Morgan fingerprint density at radius 2 is 1.05 bits per heavy atom. The second-order valence-corrected chi connectivity index (χ2v) is 4.90. The average Bonchev–Trinajstić information content (AvgIpc) is 2.33. The summed E-state index contributed by atoms with van der Waals surface area (Å²) in [4.78, 5) is 9.49. The summed E-state index contributed by atoms with van der Waals surface area (Å²) in [7, 11) is 0. The van der Waals surface area contributed by atoms with Crippen molar-refractivity contribution < 1.29 is 39.5 Å². The average molecular weight is 278 g/mol. The number of aliphatic carboxylic acids is 1. The van der Waals surface area contributed by atoms with Gasteiger partial charge in [-0.3, -0.25) is 0 Å². The molecule has 0 aromatic carbocycles. The second kappa shape index (κ2) is 20.5. The van der Waals surface area contributed by atoms with Crippen LogP contribution in [0.4, 0.5) is 0 Å². The van der Waals surface area contributed by atoms with Gasteiger partial charge in [0.1, 0.15) is 0 Å². The van der Waals surface area contributed by atoms with Crippen LogP contribution in [0.1, 0.15) is 85.0 Å². The Balaban J connectivity index is -0.000000313. The van der Waals surface area contributed by atoms with Gasteiger partial charge in [0.05, 0.1) is 5.97 Å². The smallest absolute Gasteiger partial charge is 0.545 e. The maximum atomic E-state index is 9.49. The quantitative estimate of drug-likeness (QED) is 0.343. The zero-order chi connectivity index (χ0) is 14.2. The van der Waals surface area contributed by atoms with Gasteiger partial charge in [0.25, 0.3) is 0 Å². The monoisotopic (exact) mass is 278 g/mol. The predicted molar refractivity (Wildman–Crippen MR) is 77.3 cm³/mol. The molecule has 0 aliphatic rings. The summed E-state index contributed by atoms with van der Waals surface area (Å²) in [6.07, 6.45) is 14.4. The van der Waals surface area contributed by atoms with E-state index in [0.29, 0.717) is 0 Å². The van der Waals surface area contributed by atoms with Crippen LogP contribution in [0, 0.1) is 0 Å². The zero-order valence-corrected chi connectivity index (χ0v) is 15.6.